The van der Waals surface area contributed by atoms with E-state index in [4.69, 9.17) is 4.98 Å². The summed E-state index contributed by atoms with van der Waals surface area (Å²) in [6.45, 7) is 8.31. The molecule has 1 aliphatic rings. The molecule has 1 aromatic carbocycles. The van der Waals surface area contributed by atoms with Gasteiger partial charge in [0.15, 0.2) is 0 Å². The molecule has 0 bridgehead atoms. The molecule has 0 saturated heterocycles. The van der Waals surface area contributed by atoms with Crippen LogP contribution in [0.2, 0.25) is 0 Å². The highest BCUT2D eigenvalue weighted by Crippen LogP contribution is 2.28. The molecule has 1 heterocycles. The molecule has 1 aliphatic carbocycles. The second kappa shape index (κ2) is 8.52. The van der Waals surface area contributed by atoms with E-state index >= 15 is 0 Å². The molecule has 3 rings (SSSR count). The van der Waals surface area contributed by atoms with E-state index in [0.29, 0.717) is 12.3 Å². The standard InChI is InChI=1S/C22H31N3O/c1-4-25(5-2)21-13-16(3)19-15-18(11-12-20(19)24-21)23-22(26)14-17-9-7-6-8-10-17/h11-13,15,17H,4-10,14H2,1-3H3,(H,23,26). The second-order valence-electron chi connectivity index (χ2n) is 7.46. The number of carbonyl (C=O) groups excluding carboxylic acids is 1. The number of nitrogens with zero attached hydrogens (tertiary/aromatic N) is 2. The van der Waals surface area contributed by atoms with Gasteiger partial charge in [-0.3, -0.25) is 4.79 Å². The molecular formula is C22H31N3O. The van der Waals surface area contributed by atoms with Crippen molar-refractivity contribution in [2.45, 2.75) is 59.3 Å². The van der Waals surface area contributed by atoms with Gasteiger partial charge in [-0.1, -0.05) is 19.3 Å². The third kappa shape index (κ3) is 4.35. The highest BCUT2D eigenvalue weighted by molar-refractivity contribution is 5.94. The number of hydrogen-bond donors (Lipinski definition) is 1. The van der Waals surface area contributed by atoms with Crippen molar-refractivity contribution < 1.29 is 4.79 Å². The lowest BCUT2D eigenvalue weighted by molar-refractivity contribution is -0.117. The summed E-state index contributed by atoms with van der Waals surface area (Å²) in [4.78, 5) is 19.5. The van der Waals surface area contributed by atoms with Crippen LogP contribution in [0.15, 0.2) is 24.3 Å². The van der Waals surface area contributed by atoms with Crippen LogP contribution >= 0.6 is 0 Å². The van der Waals surface area contributed by atoms with Gasteiger partial charge in [0.2, 0.25) is 5.91 Å². The van der Waals surface area contributed by atoms with E-state index in [1.165, 1.54) is 37.7 Å². The van der Waals surface area contributed by atoms with Crippen molar-refractivity contribution in [1.29, 1.82) is 0 Å². The van der Waals surface area contributed by atoms with Gasteiger partial charge in [-0.05, 0) is 69.4 Å². The molecule has 2 aromatic rings. The zero-order valence-corrected chi connectivity index (χ0v) is 16.3. The molecule has 1 aromatic heterocycles. The first-order valence-corrected chi connectivity index (χ1v) is 10.1. The monoisotopic (exact) mass is 353 g/mol. The highest BCUT2D eigenvalue weighted by atomic mass is 16.1. The number of anilines is 2. The first kappa shape index (κ1) is 18.7. The quantitative estimate of drug-likeness (QED) is 0.766. The van der Waals surface area contributed by atoms with Gasteiger partial charge in [0.1, 0.15) is 5.82 Å². The highest BCUT2D eigenvalue weighted by Gasteiger charge is 2.17. The van der Waals surface area contributed by atoms with Crippen molar-refractivity contribution in [3.05, 3.63) is 29.8 Å². The number of aromatic nitrogens is 1. The van der Waals surface area contributed by atoms with Crippen LogP contribution in [-0.2, 0) is 4.79 Å². The third-order valence-corrected chi connectivity index (χ3v) is 5.57. The molecule has 1 N–H and O–H groups in total. The fourth-order valence-corrected chi connectivity index (χ4v) is 4.03. The number of fused-ring (bicyclic) bond motifs is 1. The molecule has 1 fully saturated rings. The number of nitrogens with one attached hydrogen (secondary N) is 1. The van der Waals surface area contributed by atoms with Gasteiger partial charge in [-0.15, -0.1) is 0 Å². The maximum absolute atomic E-state index is 12.4. The van der Waals surface area contributed by atoms with Gasteiger partial charge < -0.3 is 10.2 Å². The normalized spacial score (nSPS) is 15.2. The minimum absolute atomic E-state index is 0.140. The Hall–Kier alpha value is -2.10. The summed E-state index contributed by atoms with van der Waals surface area (Å²) in [6.07, 6.45) is 6.91. The van der Waals surface area contributed by atoms with Crippen LogP contribution in [-0.4, -0.2) is 24.0 Å². The summed E-state index contributed by atoms with van der Waals surface area (Å²) in [5, 5.41) is 4.20. The average molecular weight is 354 g/mol. The molecule has 0 aliphatic heterocycles. The Morgan fingerprint density at radius 1 is 1.15 bits per heavy atom. The molecule has 0 unspecified atom stereocenters. The molecule has 0 radical (unpaired) electrons. The molecule has 0 spiro atoms. The molecule has 1 amide bonds. The molecule has 26 heavy (non-hydrogen) atoms. The second-order valence-corrected chi connectivity index (χ2v) is 7.46. The summed E-state index contributed by atoms with van der Waals surface area (Å²) in [7, 11) is 0. The third-order valence-electron chi connectivity index (χ3n) is 5.57. The number of carbonyl (C=O) groups is 1. The lowest BCUT2D eigenvalue weighted by Gasteiger charge is -2.21. The lowest BCUT2D eigenvalue weighted by atomic mass is 9.87. The summed E-state index contributed by atoms with van der Waals surface area (Å²) in [5.41, 5.74) is 3.05. The van der Waals surface area contributed by atoms with Gasteiger partial charge in [0.25, 0.3) is 0 Å². The van der Waals surface area contributed by atoms with Crippen molar-refractivity contribution in [1.82, 2.24) is 4.98 Å². The van der Waals surface area contributed by atoms with E-state index in [-0.39, 0.29) is 5.91 Å². The predicted octanol–water partition coefficient (Wildman–Crippen LogP) is 5.30. The molecule has 140 valence electrons. The lowest BCUT2D eigenvalue weighted by Crippen LogP contribution is -2.23. The zero-order chi connectivity index (χ0) is 18.5. The molecule has 4 heteroatoms. The molecule has 4 nitrogen and oxygen atoms in total. The maximum Gasteiger partial charge on any atom is 0.224 e. The minimum Gasteiger partial charge on any atom is -0.357 e. The van der Waals surface area contributed by atoms with Gasteiger partial charge in [0.05, 0.1) is 5.52 Å². The number of amides is 1. The van der Waals surface area contributed by atoms with Crippen molar-refractivity contribution in [2.24, 2.45) is 5.92 Å². The summed E-state index contributed by atoms with van der Waals surface area (Å²) in [5.74, 6) is 1.72. The van der Waals surface area contributed by atoms with Crippen LogP contribution in [0.25, 0.3) is 10.9 Å². The van der Waals surface area contributed by atoms with Crippen LogP contribution in [0.1, 0.15) is 57.9 Å². The topological polar surface area (TPSA) is 45.2 Å². The first-order chi connectivity index (χ1) is 12.6. The Morgan fingerprint density at radius 2 is 1.88 bits per heavy atom. The van der Waals surface area contributed by atoms with E-state index in [0.717, 1.165) is 35.5 Å². The van der Waals surface area contributed by atoms with Gasteiger partial charge in [0, 0.05) is 30.6 Å². The predicted molar refractivity (Wildman–Crippen MR) is 110 cm³/mol. The summed E-state index contributed by atoms with van der Waals surface area (Å²) >= 11 is 0. The molecule has 1 saturated carbocycles. The Labute approximate surface area is 157 Å². The zero-order valence-electron chi connectivity index (χ0n) is 16.3. The number of rotatable bonds is 6. The smallest absolute Gasteiger partial charge is 0.224 e. The van der Waals surface area contributed by atoms with Crippen LogP contribution in [0.4, 0.5) is 11.5 Å². The Balaban J connectivity index is 1.75. The van der Waals surface area contributed by atoms with Crippen molar-refractivity contribution in [3.63, 3.8) is 0 Å². The van der Waals surface area contributed by atoms with Crippen LogP contribution in [0.5, 0.6) is 0 Å². The van der Waals surface area contributed by atoms with E-state index in [1.54, 1.807) is 0 Å². The van der Waals surface area contributed by atoms with Crippen molar-refractivity contribution in [3.8, 4) is 0 Å². The van der Waals surface area contributed by atoms with Crippen LogP contribution < -0.4 is 10.2 Å². The first-order valence-electron chi connectivity index (χ1n) is 10.1. The fraction of sp³-hybridized carbons (Fsp3) is 0.545. The minimum atomic E-state index is 0.140. The average Bonchev–Trinajstić information content (AvgIpc) is 2.64. The van der Waals surface area contributed by atoms with Gasteiger partial charge in [-0.2, -0.15) is 0 Å². The number of aryl methyl sites for hydroxylation is 1. The molecular weight excluding hydrogens is 322 g/mol. The summed E-state index contributed by atoms with van der Waals surface area (Å²) in [6, 6.07) is 8.19. The Morgan fingerprint density at radius 3 is 2.58 bits per heavy atom. The Bertz CT molecular complexity index is 761. The van der Waals surface area contributed by atoms with Gasteiger partial charge in [-0.25, -0.2) is 4.98 Å². The maximum atomic E-state index is 12.4. The van der Waals surface area contributed by atoms with E-state index in [2.05, 4.69) is 43.1 Å². The van der Waals surface area contributed by atoms with Crippen LogP contribution in [0, 0.1) is 12.8 Å². The SMILES string of the molecule is CCN(CC)c1cc(C)c2cc(NC(=O)CC3CCCCC3)ccc2n1. The molecule has 0 atom stereocenters. The Kier molecular flexibility index (Phi) is 6.12. The van der Waals surface area contributed by atoms with E-state index in [9.17, 15) is 4.79 Å². The fourth-order valence-electron chi connectivity index (χ4n) is 4.03. The largest absolute Gasteiger partial charge is 0.357 e. The van der Waals surface area contributed by atoms with E-state index < -0.39 is 0 Å². The van der Waals surface area contributed by atoms with Gasteiger partial charge >= 0.3 is 0 Å². The van der Waals surface area contributed by atoms with E-state index in [1.807, 2.05) is 12.1 Å². The number of benzene rings is 1. The van der Waals surface area contributed by atoms with Crippen molar-refractivity contribution >= 4 is 28.3 Å². The number of pyridine rings is 1. The van der Waals surface area contributed by atoms with Crippen molar-refractivity contribution in [2.75, 3.05) is 23.3 Å². The van der Waals surface area contributed by atoms with Crippen LogP contribution in [0.3, 0.4) is 0 Å². The summed E-state index contributed by atoms with van der Waals surface area (Å²) < 4.78 is 0. The number of hydrogen-bond acceptors (Lipinski definition) is 3.